The lowest BCUT2D eigenvalue weighted by Gasteiger charge is -2.23. The molecule has 0 heterocycles. The Morgan fingerprint density at radius 3 is 2.27 bits per heavy atom. The summed E-state index contributed by atoms with van der Waals surface area (Å²) in [4.78, 5) is 2.37. The van der Waals surface area contributed by atoms with E-state index in [0.29, 0.717) is 0 Å². The SMILES string of the molecule is CCN(CC)C[C@H](C)Oc1ccccc1. The van der Waals surface area contributed by atoms with Gasteiger partial charge in [-0.25, -0.2) is 0 Å². The van der Waals surface area contributed by atoms with Crippen molar-refractivity contribution in [3.63, 3.8) is 0 Å². The summed E-state index contributed by atoms with van der Waals surface area (Å²) in [6.45, 7) is 9.63. The molecule has 0 aliphatic heterocycles. The van der Waals surface area contributed by atoms with Gasteiger partial charge in [-0.15, -0.1) is 0 Å². The summed E-state index contributed by atoms with van der Waals surface area (Å²) < 4.78 is 5.81. The van der Waals surface area contributed by atoms with Crippen LogP contribution in [-0.4, -0.2) is 30.6 Å². The average Bonchev–Trinajstić information content (AvgIpc) is 2.27. The average molecular weight is 207 g/mol. The highest BCUT2D eigenvalue weighted by atomic mass is 16.5. The van der Waals surface area contributed by atoms with E-state index in [1.807, 2.05) is 30.3 Å². The predicted molar refractivity (Wildman–Crippen MR) is 64.3 cm³/mol. The van der Waals surface area contributed by atoms with Crippen LogP contribution < -0.4 is 4.74 Å². The maximum atomic E-state index is 5.81. The Bertz CT molecular complexity index is 256. The van der Waals surface area contributed by atoms with E-state index in [1.54, 1.807) is 0 Å². The van der Waals surface area contributed by atoms with Crippen molar-refractivity contribution >= 4 is 0 Å². The van der Waals surface area contributed by atoms with Gasteiger partial charge >= 0.3 is 0 Å². The van der Waals surface area contributed by atoms with Gasteiger partial charge in [0.05, 0.1) is 0 Å². The Kier molecular flexibility index (Phi) is 5.19. The fraction of sp³-hybridized carbons (Fsp3) is 0.538. The summed E-state index contributed by atoms with van der Waals surface area (Å²) in [5.41, 5.74) is 0. The van der Waals surface area contributed by atoms with Crippen molar-refractivity contribution in [2.24, 2.45) is 0 Å². The first kappa shape index (κ1) is 12.1. The van der Waals surface area contributed by atoms with Crippen molar-refractivity contribution in [2.75, 3.05) is 19.6 Å². The number of hydrogen-bond donors (Lipinski definition) is 0. The van der Waals surface area contributed by atoms with Crippen molar-refractivity contribution in [3.8, 4) is 5.75 Å². The second-order valence-electron chi connectivity index (χ2n) is 3.73. The fourth-order valence-electron chi connectivity index (χ4n) is 1.61. The molecule has 2 nitrogen and oxygen atoms in total. The molecule has 0 saturated carbocycles. The van der Waals surface area contributed by atoms with Gasteiger partial charge in [0.1, 0.15) is 11.9 Å². The molecule has 1 aromatic carbocycles. The zero-order valence-electron chi connectivity index (χ0n) is 9.94. The molecule has 84 valence electrons. The van der Waals surface area contributed by atoms with E-state index >= 15 is 0 Å². The van der Waals surface area contributed by atoms with E-state index in [4.69, 9.17) is 4.74 Å². The van der Waals surface area contributed by atoms with Crippen molar-refractivity contribution < 1.29 is 4.74 Å². The normalized spacial score (nSPS) is 12.8. The van der Waals surface area contributed by atoms with Gasteiger partial charge in [0.25, 0.3) is 0 Å². The van der Waals surface area contributed by atoms with E-state index in [0.717, 1.165) is 25.4 Å². The molecule has 0 aliphatic rings. The molecule has 0 saturated heterocycles. The summed E-state index contributed by atoms with van der Waals surface area (Å²) in [5.74, 6) is 0.956. The summed E-state index contributed by atoms with van der Waals surface area (Å²) in [7, 11) is 0. The second-order valence-corrected chi connectivity index (χ2v) is 3.73. The Labute approximate surface area is 92.9 Å². The van der Waals surface area contributed by atoms with E-state index < -0.39 is 0 Å². The molecular formula is C13H21NO. The number of likely N-dealkylation sites (N-methyl/N-ethyl adjacent to an activating group) is 1. The molecule has 2 heteroatoms. The lowest BCUT2D eigenvalue weighted by atomic mass is 10.3. The van der Waals surface area contributed by atoms with E-state index in [1.165, 1.54) is 0 Å². The molecule has 1 atom stereocenters. The summed E-state index contributed by atoms with van der Waals surface area (Å²) >= 11 is 0. The molecule has 1 aromatic rings. The van der Waals surface area contributed by atoms with E-state index in [2.05, 4.69) is 25.7 Å². The molecule has 0 fully saturated rings. The van der Waals surface area contributed by atoms with E-state index in [-0.39, 0.29) is 6.10 Å². The molecule has 1 rings (SSSR count). The first-order chi connectivity index (χ1) is 7.26. The zero-order chi connectivity index (χ0) is 11.1. The Morgan fingerprint density at radius 1 is 1.13 bits per heavy atom. The van der Waals surface area contributed by atoms with Gasteiger partial charge in [0, 0.05) is 6.54 Å². The largest absolute Gasteiger partial charge is 0.489 e. The highest BCUT2D eigenvalue weighted by molar-refractivity contribution is 5.21. The topological polar surface area (TPSA) is 12.5 Å². The minimum Gasteiger partial charge on any atom is -0.489 e. The number of benzene rings is 1. The summed E-state index contributed by atoms with van der Waals surface area (Å²) in [6.07, 6.45) is 0.243. The van der Waals surface area contributed by atoms with Crippen LogP contribution in [0, 0.1) is 0 Å². The van der Waals surface area contributed by atoms with Crippen LogP contribution in [0.4, 0.5) is 0 Å². The maximum absolute atomic E-state index is 5.81. The Balaban J connectivity index is 2.39. The Hall–Kier alpha value is -1.02. The van der Waals surface area contributed by atoms with Crippen LogP contribution in [0.5, 0.6) is 5.75 Å². The molecular weight excluding hydrogens is 186 g/mol. The number of hydrogen-bond acceptors (Lipinski definition) is 2. The van der Waals surface area contributed by atoms with Crippen LogP contribution in [0.2, 0.25) is 0 Å². The quantitative estimate of drug-likeness (QED) is 0.711. The number of para-hydroxylation sites is 1. The second kappa shape index (κ2) is 6.46. The van der Waals surface area contributed by atoms with Crippen LogP contribution in [-0.2, 0) is 0 Å². The minimum atomic E-state index is 0.243. The molecule has 0 amide bonds. The van der Waals surface area contributed by atoms with Gasteiger partial charge in [-0.1, -0.05) is 32.0 Å². The minimum absolute atomic E-state index is 0.243. The smallest absolute Gasteiger partial charge is 0.119 e. The summed E-state index contributed by atoms with van der Waals surface area (Å²) in [5, 5.41) is 0. The van der Waals surface area contributed by atoms with Gasteiger partial charge < -0.3 is 9.64 Å². The van der Waals surface area contributed by atoms with Crippen LogP contribution in [0.1, 0.15) is 20.8 Å². The van der Waals surface area contributed by atoms with Crippen LogP contribution in [0.25, 0.3) is 0 Å². The third-order valence-corrected chi connectivity index (χ3v) is 2.49. The number of rotatable bonds is 6. The molecule has 15 heavy (non-hydrogen) atoms. The van der Waals surface area contributed by atoms with Gasteiger partial charge in [-0.3, -0.25) is 0 Å². The third-order valence-electron chi connectivity index (χ3n) is 2.49. The van der Waals surface area contributed by atoms with Crippen molar-refractivity contribution in [1.82, 2.24) is 4.90 Å². The first-order valence-electron chi connectivity index (χ1n) is 5.70. The molecule has 0 spiro atoms. The van der Waals surface area contributed by atoms with Crippen molar-refractivity contribution in [1.29, 1.82) is 0 Å². The highest BCUT2D eigenvalue weighted by Crippen LogP contribution is 2.11. The van der Waals surface area contributed by atoms with Crippen molar-refractivity contribution in [2.45, 2.75) is 26.9 Å². The number of nitrogens with zero attached hydrogens (tertiary/aromatic N) is 1. The molecule has 0 aliphatic carbocycles. The van der Waals surface area contributed by atoms with Crippen LogP contribution in [0.3, 0.4) is 0 Å². The van der Waals surface area contributed by atoms with Gasteiger partial charge in [0.2, 0.25) is 0 Å². The van der Waals surface area contributed by atoms with Gasteiger partial charge in [-0.05, 0) is 32.1 Å². The summed E-state index contributed by atoms with van der Waals surface area (Å²) in [6, 6.07) is 10.00. The molecule has 0 N–H and O–H groups in total. The third kappa shape index (κ3) is 4.34. The zero-order valence-corrected chi connectivity index (χ0v) is 9.94. The van der Waals surface area contributed by atoms with Gasteiger partial charge in [0.15, 0.2) is 0 Å². The lowest BCUT2D eigenvalue weighted by Crippen LogP contribution is -2.33. The van der Waals surface area contributed by atoms with E-state index in [9.17, 15) is 0 Å². The predicted octanol–water partition coefficient (Wildman–Crippen LogP) is 2.80. The van der Waals surface area contributed by atoms with Crippen LogP contribution >= 0.6 is 0 Å². The molecule has 0 radical (unpaired) electrons. The van der Waals surface area contributed by atoms with Gasteiger partial charge in [-0.2, -0.15) is 0 Å². The molecule has 0 unspecified atom stereocenters. The maximum Gasteiger partial charge on any atom is 0.119 e. The lowest BCUT2D eigenvalue weighted by molar-refractivity contribution is 0.153. The number of ether oxygens (including phenoxy) is 1. The van der Waals surface area contributed by atoms with Crippen molar-refractivity contribution in [3.05, 3.63) is 30.3 Å². The molecule has 0 bridgehead atoms. The molecule has 0 aromatic heterocycles. The van der Waals surface area contributed by atoms with Crippen LogP contribution in [0.15, 0.2) is 30.3 Å². The standard InChI is InChI=1S/C13H21NO/c1-4-14(5-2)11-12(3)15-13-9-7-6-8-10-13/h6-10,12H,4-5,11H2,1-3H3/t12-/m0/s1. The first-order valence-corrected chi connectivity index (χ1v) is 5.70. The monoisotopic (exact) mass is 207 g/mol. The fourth-order valence-corrected chi connectivity index (χ4v) is 1.61. The highest BCUT2D eigenvalue weighted by Gasteiger charge is 2.07. The Morgan fingerprint density at radius 2 is 1.73 bits per heavy atom.